The summed E-state index contributed by atoms with van der Waals surface area (Å²) < 4.78 is 1.65. The molecule has 7 heteroatoms. The molecule has 0 aliphatic rings. The van der Waals surface area contributed by atoms with E-state index in [1.54, 1.807) is 4.68 Å². The predicted molar refractivity (Wildman–Crippen MR) is 68.1 cm³/mol. The van der Waals surface area contributed by atoms with Crippen LogP contribution in [0.25, 0.3) is 11.2 Å². The Kier molecular flexibility index (Phi) is 2.56. The lowest BCUT2D eigenvalue weighted by Crippen LogP contribution is -2.03. The summed E-state index contributed by atoms with van der Waals surface area (Å²) in [5.41, 5.74) is 7.81. The van der Waals surface area contributed by atoms with Gasteiger partial charge in [-0.2, -0.15) is 9.97 Å². The molecule has 0 bridgehead atoms. The molecule has 0 fully saturated rings. The number of aromatic nitrogens is 5. The van der Waals surface area contributed by atoms with E-state index in [1.807, 2.05) is 30.3 Å². The van der Waals surface area contributed by atoms with Crippen LogP contribution in [0.4, 0.5) is 5.82 Å². The lowest BCUT2D eigenvalue weighted by atomic mass is 10.2. The Balaban J connectivity index is 2.08. The average molecular weight is 261 g/mol. The van der Waals surface area contributed by atoms with Gasteiger partial charge in [-0.3, -0.25) is 0 Å². The van der Waals surface area contributed by atoms with Crippen LogP contribution in [0.2, 0.25) is 5.28 Å². The van der Waals surface area contributed by atoms with Gasteiger partial charge < -0.3 is 5.73 Å². The smallest absolute Gasteiger partial charge is 0.226 e. The van der Waals surface area contributed by atoms with Crippen LogP contribution >= 0.6 is 11.6 Å². The van der Waals surface area contributed by atoms with Gasteiger partial charge in [0.25, 0.3) is 0 Å². The molecule has 0 amide bonds. The van der Waals surface area contributed by atoms with Crippen molar-refractivity contribution in [2.75, 3.05) is 5.73 Å². The quantitative estimate of drug-likeness (QED) is 0.706. The van der Waals surface area contributed by atoms with Crippen LogP contribution in [0.1, 0.15) is 5.56 Å². The molecular formula is C11H9ClN6. The summed E-state index contributed by atoms with van der Waals surface area (Å²) in [4.78, 5) is 7.94. The molecule has 90 valence electrons. The van der Waals surface area contributed by atoms with Crippen molar-refractivity contribution in [3.8, 4) is 0 Å². The third-order valence-corrected chi connectivity index (χ3v) is 2.71. The van der Waals surface area contributed by atoms with E-state index in [-0.39, 0.29) is 11.1 Å². The number of hydrogen-bond acceptors (Lipinski definition) is 5. The number of halogens is 1. The van der Waals surface area contributed by atoms with E-state index in [9.17, 15) is 0 Å². The van der Waals surface area contributed by atoms with E-state index in [1.165, 1.54) is 0 Å². The first kappa shape index (κ1) is 10.9. The highest BCUT2D eigenvalue weighted by Gasteiger charge is 2.11. The zero-order chi connectivity index (χ0) is 12.5. The SMILES string of the molecule is Nc1nc(Cl)nc2c1nnn2Cc1ccccc1. The standard InChI is InChI=1S/C11H9ClN6/c12-11-14-9(13)8-10(15-11)18(17-16-8)6-7-4-2-1-3-5-7/h1-5H,6H2,(H2,13,14,15). The van der Waals surface area contributed by atoms with Crippen molar-refractivity contribution in [3.63, 3.8) is 0 Å². The minimum atomic E-state index is 0.0941. The van der Waals surface area contributed by atoms with Crippen molar-refractivity contribution in [2.24, 2.45) is 0 Å². The zero-order valence-corrected chi connectivity index (χ0v) is 10.0. The van der Waals surface area contributed by atoms with E-state index in [0.29, 0.717) is 17.7 Å². The molecule has 2 N–H and O–H groups in total. The summed E-state index contributed by atoms with van der Waals surface area (Å²) in [7, 11) is 0. The molecule has 0 saturated heterocycles. The van der Waals surface area contributed by atoms with Gasteiger partial charge in [0.2, 0.25) is 5.28 Å². The molecule has 0 spiro atoms. The Labute approximate surface area is 107 Å². The second-order valence-electron chi connectivity index (χ2n) is 3.78. The number of nitrogens with two attached hydrogens (primary N) is 1. The summed E-state index contributed by atoms with van der Waals surface area (Å²) in [6.07, 6.45) is 0. The summed E-state index contributed by atoms with van der Waals surface area (Å²) >= 11 is 5.78. The van der Waals surface area contributed by atoms with E-state index >= 15 is 0 Å². The largest absolute Gasteiger partial charge is 0.382 e. The van der Waals surface area contributed by atoms with Crippen molar-refractivity contribution in [3.05, 3.63) is 41.2 Å². The minimum Gasteiger partial charge on any atom is -0.382 e. The Morgan fingerprint density at radius 3 is 2.72 bits per heavy atom. The molecule has 1 aromatic carbocycles. The first-order valence-electron chi connectivity index (χ1n) is 5.30. The van der Waals surface area contributed by atoms with E-state index < -0.39 is 0 Å². The van der Waals surface area contributed by atoms with Crippen LogP contribution in [0.15, 0.2) is 30.3 Å². The zero-order valence-electron chi connectivity index (χ0n) is 9.29. The van der Waals surface area contributed by atoms with E-state index in [2.05, 4.69) is 20.3 Å². The molecule has 0 aliphatic heterocycles. The Morgan fingerprint density at radius 1 is 1.17 bits per heavy atom. The van der Waals surface area contributed by atoms with Crippen molar-refractivity contribution in [1.82, 2.24) is 25.0 Å². The van der Waals surface area contributed by atoms with Gasteiger partial charge in [-0.1, -0.05) is 35.5 Å². The molecule has 3 aromatic rings. The van der Waals surface area contributed by atoms with E-state index in [4.69, 9.17) is 17.3 Å². The number of hydrogen-bond donors (Lipinski definition) is 1. The molecule has 0 radical (unpaired) electrons. The molecule has 2 heterocycles. The average Bonchev–Trinajstić information content (AvgIpc) is 2.74. The van der Waals surface area contributed by atoms with Gasteiger partial charge in [0.15, 0.2) is 17.0 Å². The lowest BCUT2D eigenvalue weighted by molar-refractivity contribution is 0.664. The van der Waals surface area contributed by atoms with Crippen molar-refractivity contribution in [1.29, 1.82) is 0 Å². The van der Waals surface area contributed by atoms with E-state index in [0.717, 1.165) is 5.56 Å². The molecule has 0 atom stereocenters. The van der Waals surface area contributed by atoms with Crippen molar-refractivity contribution >= 4 is 28.6 Å². The van der Waals surface area contributed by atoms with Gasteiger partial charge in [-0.25, -0.2) is 4.68 Å². The monoisotopic (exact) mass is 260 g/mol. The highest BCUT2D eigenvalue weighted by molar-refractivity contribution is 6.28. The Hall–Kier alpha value is -2.21. The van der Waals surface area contributed by atoms with Crippen LogP contribution in [0.3, 0.4) is 0 Å². The summed E-state index contributed by atoms with van der Waals surface area (Å²) in [6, 6.07) is 9.88. The van der Waals surface area contributed by atoms with Gasteiger partial charge >= 0.3 is 0 Å². The Bertz CT molecular complexity index is 693. The van der Waals surface area contributed by atoms with Crippen LogP contribution in [-0.4, -0.2) is 25.0 Å². The summed E-state index contributed by atoms with van der Waals surface area (Å²) in [6.45, 7) is 0.560. The van der Waals surface area contributed by atoms with Gasteiger partial charge in [0.05, 0.1) is 6.54 Å². The predicted octanol–water partition coefficient (Wildman–Crippen LogP) is 1.51. The number of nitrogens with zero attached hydrogens (tertiary/aromatic N) is 5. The van der Waals surface area contributed by atoms with Gasteiger partial charge in [-0.15, -0.1) is 5.10 Å². The maximum atomic E-state index is 5.78. The summed E-state index contributed by atoms with van der Waals surface area (Å²) in [5.74, 6) is 0.240. The molecule has 6 nitrogen and oxygen atoms in total. The van der Waals surface area contributed by atoms with Crippen molar-refractivity contribution < 1.29 is 0 Å². The normalized spacial score (nSPS) is 10.9. The van der Waals surface area contributed by atoms with Crippen molar-refractivity contribution in [2.45, 2.75) is 6.54 Å². The molecule has 0 saturated carbocycles. The van der Waals surface area contributed by atoms with Crippen LogP contribution in [0, 0.1) is 0 Å². The fourth-order valence-electron chi connectivity index (χ4n) is 1.71. The third-order valence-electron chi connectivity index (χ3n) is 2.54. The molecule has 0 aliphatic carbocycles. The number of fused-ring (bicyclic) bond motifs is 1. The lowest BCUT2D eigenvalue weighted by Gasteiger charge is -2.02. The molecule has 18 heavy (non-hydrogen) atoms. The second-order valence-corrected chi connectivity index (χ2v) is 4.12. The second kappa shape index (κ2) is 4.23. The minimum absolute atomic E-state index is 0.0941. The van der Waals surface area contributed by atoms with Gasteiger partial charge in [0.1, 0.15) is 0 Å². The molecule has 3 rings (SSSR count). The maximum Gasteiger partial charge on any atom is 0.226 e. The van der Waals surface area contributed by atoms with Crippen LogP contribution < -0.4 is 5.73 Å². The number of anilines is 1. The first-order valence-corrected chi connectivity index (χ1v) is 5.68. The molecule has 0 unspecified atom stereocenters. The topological polar surface area (TPSA) is 82.5 Å². The molecule has 2 aromatic heterocycles. The van der Waals surface area contributed by atoms with Gasteiger partial charge in [-0.05, 0) is 17.2 Å². The van der Waals surface area contributed by atoms with Crippen LogP contribution in [0.5, 0.6) is 0 Å². The van der Waals surface area contributed by atoms with Gasteiger partial charge in [0, 0.05) is 0 Å². The summed E-state index contributed by atoms with van der Waals surface area (Å²) in [5, 5.41) is 8.07. The number of benzene rings is 1. The highest BCUT2D eigenvalue weighted by atomic mass is 35.5. The highest BCUT2D eigenvalue weighted by Crippen LogP contribution is 2.17. The third kappa shape index (κ3) is 1.86. The number of rotatable bonds is 2. The maximum absolute atomic E-state index is 5.78. The fourth-order valence-corrected chi connectivity index (χ4v) is 1.88. The number of nitrogen functional groups attached to an aromatic ring is 1. The first-order chi connectivity index (χ1) is 8.74. The molecular weight excluding hydrogens is 252 g/mol. The Morgan fingerprint density at radius 2 is 1.94 bits per heavy atom. The van der Waals surface area contributed by atoms with Crippen LogP contribution in [-0.2, 0) is 6.54 Å². The fraction of sp³-hybridized carbons (Fsp3) is 0.0909.